The van der Waals surface area contributed by atoms with E-state index in [1.165, 1.54) is 19.2 Å². The van der Waals surface area contributed by atoms with Gasteiger partial charge < -0.3 is 9.30 Å². The molecule has 4 heteroatoms. The van der Waals surface area contributed by atoms with Crippen molar-refractivity contribution >= 4 is 16.9 Å². The predicted molar refractivity (Wildman–Crippen MR) is 63.4 cm³/mol. The van der Waals surface area contributed by atoms with Crippen LogP contribution in [0.15, 0.2) is 18.2 Å². The number of ether oxygens (including phenoxy) is 1. The molecule has 0 bridgehead atoms. The number of carbonyl (C=O) groups excluding carboxylic acids is 1. The molecule has 2 rings (SSSR count). The van der Waals surface area contributed by atoms with E-state index < -0.39 is 0 Å². The summed E-state index contributed by atoms with van der Waals surface area (Å²) in [6, 6.07) is 4.81. The second kappa shape index (κ2) is 4.20. The summed E-state index contributed by atoms with van der Waals surface area (Å²) in [6.07, 6.45) is 0. The molecule has 0 aliphatic rings. The van der Waals surface area contributed by atoms with E-state index in [1.807, 2.05) is 24.5 Å². The zero-order valence-corrected chi connectivity index (χ0v) is 10.1. The largest absolute Gasteiger partial charge is 0.468 e. The molecule has 1 aromatic carbocycles. The van der Waals surface area contributed by atoms with Crippen molar-refractivity contribution in [2.24, 2.45) is 0 Å². The number of halogens is 1. The number of carbonyl (C=O) groups is 1. The van der Waals surface area contributed by atoms with Crippen molar-refractivity contribution in [1.82, 2.24) is 4.57 Å². The first kappa shape index (κ1) is 11.6. The third-order valence-electron chi connectivity index (χ3n) is 2.87. The van der Waals surface area contributed by atoms with Crippen molar-refractivity contribution in [3.63, 3.8) is 0 Å². The van der Waals surface area contributed by atoms with E-state index in [0.29, 0.717) is 0 Å². The third-order valence-corrected chi connectivity index (χ3v) is 2.87. The summed E-state index contributed by atoms with van der Waals surface area (Å²) in [5.41, 5.74) is 2.62. The van der Waals surface area contributed by atoms with Crippen LogP contribution in [0.1, 0.15) is 11.3 Å². The fourth-order valence-electron chi connectivity index (χ4n) is 2.12. The smallest absolute Gasteiger partial charge is 0.325 e. The van der Waals surface area contributed by atoms with Crippen molar-refractivity contribution < 1.29 is 13.9 Å². The summed E-state index contributed by atoms with van der Waals surface area (Å²) in [7, 11) is 1.36. The quantitative estimate of drug-likeness (QED) is 0.749. The van der Waals surface area contributed by atoms with Crippen molar-refractivity contribution in [2.45, 2.75) is 20.4 Å². The second-order valence-electron chi connectivity index (χ2n) is 4.11. The molecule has 1 aromatic heterocycles. The molecule has 0 fully saturated rings. The van der Waals surface area contributed by atoms with E-state index in [-0.39, 0.29) is 18.3 Å². The number of benzene rings is 1. The van der Waals surface area contributed by atoms with Crippen LogP contribution in [0.25, 0.3) is 10.9 Å². The molecule has 0 amide bonds. The number of rotatable bonds is 2. The molecule has 2 aromatic rings. The zero-order valence-electron chi connectivity index (χ0n) is 10.1. The molecule has 0 saturated carbocycles. The zero-order chi connectivity index (χ0) is 12.6. The Kier molecular flexibility index (Phi) is 2.88. The van der Waals surface area contributed by atoms with E-state index in [1.54, 1.807) is 0 Å². The van der Waals surface area contributed by atoms with Gasteiger partial charge in [-0.3, -0.25) is 4.79 Å². The molecule has 1 heterocycles. The Balaban J connectivity index is 2.62. The number of aryl methyl sites for hydroxylation is 2. The molecule has 17 heavy (non-hydrogen) atoms. The van der Waals surface area contributed by atoms with Gasteiger partial charge in [-0.25, -0.2) is 4.39 Å². The van der Waals surface area contributed by atoms with Crippen molar-refractivity contribution in [1.29, 1.82) is 0 Å². The van der Waals surface area contributed by atoms with Crippen LogP contribution in [0, 0.1) is 19.7 Å². The highest BCUT2D eigenvalue weighted by Crippen LogP contribution is 2.24. The Morgan fingerprint density at radius 2 is 2.06 bits per heavy atom. The first-order valence-electron chi connectivity index (χ1n) is 5.35. The fraction of sp³-hybridized carbons (Fsp3) is 0.308. The van der Waals surface area contributed by atoms with Crippen LogP contribution in [-0.2, 0) is 16.1 Å². The lowest BCUT2D eigenvalue weighted by Crippen LogP contribution is -2.12. The minimum atomic E-state index is -0.311. The van der Waals surface area contributed by atoms with Crippen LogP contribution < -0.4 is 0 Å². The molecule has 0 spiro atoms. The van der Waals surface area contributed by atoms with Crippen LogP contribution in [0.5, 0.6) is 0 Å². The lowest BCUT2D eigenvalue weighted by Gasteiger charge is -2.08. The van der Waals surface area contributed by atoms with E-state index >= 15 is 0 Å². The third kappa shape index (κ3) is 2.02. The summed E-state index contributed by atoms with van der Waals surface area (Å²) in [5.74, 6) is -0.570. The summed E-state index contributed by atoms with van der Waals surface area (Å²) in [4.78, 5) is 11.3. The Labute approximate surface area is 98.8 Å². The van der Waals surface area contributed by atoms with E-state index in [2.05, 4.69) is 4.74 Å². The number of methoxy groups -OCH3 is 1. The SMILES string of the molecule is COC(=O)Cn1c(C)cc2cc(F)cc(C)c21. The first-order valence-corrected chi connectivity index (χ1v) is 5.35. The molecule has 0 atom stereocenters. The highest BCUT2D eigenvalue weighted by Gasteiger charge is 2.12. The molecule has 0 N–H and O–H groups in total. The molecule has 0 aliphatic carbocycles. The lowest BCUT2D eigenvalue weighted by molar-refractivity contribution is -0.141. The van der Waals surface area contributed by atoms with Gasteiger partial charge >= 0.3 is 5.97 Å². The monoisotopic (exact) mass is 235 g/mol. The number of nitrogens with zero attached hydrogens (tertiary/aromatic N) is 1. The van der Waals surface area contributed by atoms with Crippen LogP contribution in [0.4, 0.5) is 4.39 Å². The maximum Gasteiger partial charge on any atom is 0.325 e. The maximum atomic E-state index is 13.3. The minimum Gasteiger partial charge on any atom is -0.468 e. The molecule has 0 radical (unpaired) electrons. The average molecular weight is 235 g/mol. The van der Waals surface area contributed by atoms with Gasteiger partial charge in [0, 0.05) is 11.1 Å². The second-order valence-corrected chi connectivity index (χ2v) is 4.11. The number of hydrogen-bond acceptors (Lipinski definition) is 2. The predicted octanol–water partition coefficient (Wildman–Crippen LogP) is 2.57. The van der Waals surface area contributed by atoms with Crippen molar-refractivity contribution in [2.75, 3.05) is 7.11 Å². The van der Waals surface area contributed by atoms with E-state index in [0.717, 1.165) is 22.2 Å². The Morgan fingerprint density at radius 1 is 1.35 bits per heavy atom. The van der Waals surface area contributed by atoms with Crippen LogP contribution in [0.2, 0.25) is 0 Å². The Bertz CT molecular complexity index is 587. The van der Waals surface area contributed by atoms with Gasteiger partial charge in [0.15, 0.2) is 0 Å². The van der Waals surface area contributed by atoms with Crippen LogP contribution in [-0.4, -0.2) is 17.6 Å². The number of aromatic nitrogens is 1. The number of esters is 1. The standard InChI is InChI=1S/C13H14FNO2/c1-8-4-11(14)6-10-5-9(2)15(13(8)10)7-12(16)17-3/h4-6H,7H2,1-3H3. The molecular formula is C13H14FNO2. The van der Waals surface area contributed by atoms with Crippen LogP contribution >= 0.6 is 0 Å². The molecule has 90 valence electrons. The lowest BCUT2D eigenvalue weighted by atomic mass is 10.1. The summed E-state index contributed by atoms with van der Waals surface area (Å²) < 4.78 is 19.8. The van der Waals surface area contributed by atoms with Gasteiger partial charge in [0.2, 0.25) is 0 Å². The summed E-state index contributed by atoms with van der Waals surface area (Å²) in [5, 5.41) is 0.809. The molecule has 0 saturated heterocycles. The number of fused-ring (bicyclic) bond motifs is 1. The topological polar surface area (TPSA) is 31.2 Å². The average Bonchev–Trinajstić information content (AvgIpc) is 2.55. The molecule has 0 aliphatic heterocycles. The first-order chi connectivity index (χ1) is 8.02. The summed E-state index contributed by atoms with van der Waals surface area (Å²) >= 11 is 0. The minimum absolute atomic E-state index is 0.151. The fourth-order valence-corrected chi connectivity index (χ4v) is 2.12. The van der Waals surface area contributed by atoms with Gasteiger partial charge in [0.25, 0.3) is 0 Å². The maximum absolute atomic E-state index is 13.3. The van der Waals surface area contributed by atoms with Gasteiger partial charge in [-0.2, -0.15) is 0 Å². The number of hydrogen-bond donors (Lipinski definition) is 0. The molecule has 0 unspecified atom stereocenters. The van der Waals surface area contributed by atoms with Crippen molar-refractivity contribution in [3.8, 4) is 0 Å². The van der Waals surface area contributed by atoms with Gasteiger partial charge in [-0.1, -0.05) is 0 Å². The van der Waals surface area contributed by atoms with Gasteiger partial charge in [-0.15, -0.1) is 0 Å². The van der Waals surface area contributed by atoms with E-state index in [9.17, 15) is 9.18 Å². The Hall–Kier alpha value is -1.84. The highest BCUT2D eigenvalue weighted by molar-refractivity contribution is 5.86. The van der Waals surface area contributed by atoms with Crippen LogP contribution in [0.3, 0.4) is 0 Å². The highest BCUT2D eigenvalue weighted by atomic mass is 19.1. The Morgan fingerprint density at radius 3 is 2.71 bits per heavy atom. The van der Waals surface area contributed by atoms with E-state index in [4.69, 9.17) is 0 Å². The molecular weight excluding hydrogens is 221 g/mol. The van der Waals surface area contributed by atoms with Gasteiger partial charge in [0.1, 0.15) is 12.4 Å². The summed E-state index contributed by atoms with van der Waals surface area (Å²) in [6.45, 7) is 3.87. The van der Waals surface area contributed by atoms with Gasteiger partial charge in [0.05, 0.1) is 12.6 Å². The normalized spacial score (nSPS) is 10.8. The van der Waals surface area contributed by atoms with Gasteiger partial charge in [-0.05, 0) is 37.6 Å². The molecule has 3 nitrogen and oxygen atoms in total. The van der Waals surface area contributed by atoms with Crippen molar-refractivity contribution in [3.05, 3.63) is 35.3 Å².